The summed E-state index contributed by atoms with van der Waals surface area (Å²) in [6.07, 6.45) is 3.72. The zero-order chi connectivity index (χ0) is 24.1. The van der Waals surface area contributed by atoms with Gasteiger partial charge in [0.2, 0.25) is 5.92 Å². The van der Waals surface area contributed by atoms with Crippen LogP contribution in [0.25, 0.3) is 10.9 Å². The van der Waals surface area contributed by atoms with Crippen LogP contribution in [0.2, 0.25) is 0 Å². The van der Waals surface area contributed by atoms with E-state index in [9.17, 15) is 18.7 Å². The van der Waals surface area contributed by atoms with Gasteiger partial charge in [0, 0.05) is 48.1 Å². The lowest BCUT2D eigenvalue weighted by molar-refractivity contribution is -0.0235. The molecule has 1 saturated heterocycles. The summed E-state index contributed by atoms with van der Waals surface area (Å²) >= 11 is 0. The fraction of sp³-hybridized carbons (Fsp3) is 0.444. The van der Waals surface area contributed by atoms with Crippen LogP contribution in [0.4, 0.5) is 8.78 Å². The SMILES string of the molecule is COc1cc(C)c2[nH]ccc2c1CN1CC[C@]2(CCC(F)(F)C2)C[C@@H]1c1ccc(C(=O)O)cc1. The Balaban J connectivity index is 1.52. The molecule has 5 nitrogen and oxygen atoms in total. The summed E-state index contributed by atoms with van der Waals surface area (Å²) in [7, 11) is 1.67. The molecular weight excluding hydrogens is 438 g/mol. The standard InChI is InChI=1S/C27H30F2N2O3/c1-17-13-23(34-2)21(20-7-11-30-24(17)20)15-31-12-10-26(8-9-27(28,29)16-26)14-22(31)18-3-5-19(6-4-18)25(32)33/h3-7,11,13,22,30H,8-10,12,14-16H2,1-2H3,(H,32,33)/t22-,26-/m1/s1. The maximum Gasteiger partial charge on any atom is 0.335 e. The summed E-state index contributed by atoms with van der Waals surface area (Å²) in [5.74, 6) is -2.76. The summed E-state index contributed by atoms with van der Waals surface area (Å²) in [5.41, 5.74) is 4.06. The fourth-order valence-electron chi connectivity index (χ4n) is 6.09. The number of aryl methyl sites for hydroxylation is 1. The highest BCUT2D eigenvalue weighted by atomic mass is 19.3. The Morgan fingerprint density at radius 1 is 1.21 bits per heavy atom. The minimum atomic E-state index is -2.60. The van der Waals surface area contributed by atoms with Crippen molar-refractivity contribution in [2.24, 2.45) is 5.41 Å². The Bertz CT molecular complexity index is 1220. The summed E-state index contributed by atoms with van der Waals surface area (Å²) in [5, 5.41) is 10.4. The normalized spacial score (nSPS) is 24.6. The molecule has 3 aromatic rings. The van der Waals surface area contributed by atoms with Crippen molar-refractivity contribution in [1.82, 2.24) is 9.88 Å². The third kappa shape index (κ3) is 4.06. The molecule has 2 aliphatic rings. The van der Waals surface area contributed by atoms with Crippen molar-refractivity contribution in [3.8, 4) is 5.75 Å². The van der Waals surface area contributed by atoms with Crippen molar-refractivity contribution in [1.29, 1.82) is 0 Å². The van der Waals surface area contributed by atoms with E-state index in [2.05, 4.69) is 16.0 Å². The van der Waals surface area contributed by atoms with Gasteiger partial charge < -0.3 is 14.8 Å². The number of benzene rings is 2. The molecule has 0 unspecified atom stereocenters. The van der Waals surface area contributed by atoms with Crippen molar-refractivity contribution in [3.05, 3.63) is 64.8 Å². The van der Waals surface area contributed by atoms with Gasteiger partial charge in [0.05, 0.1) is 12.7 Å². The Hall–Kier alpha value is -2.93. The molecule has 2 fully saturated rings. The van der Waals surface area contributed by atoms with E-state index in [0.717, 1.165) is 39.8 Å². The van der Waals surface area contributed by atoms with Crippen molar-refractivity contribution >= 4 is 16.9 Å². The topological polar surface area (TPSA) is 65.6 Å². The van der Waals surface area contributed by atoms with Crippen LogP contribution in [0.1, 0.15) is 65.2 Å². The highest BCUT2D eigenvalue weighted by Gasteiger charge is 2.52. The van der Waals surface area contributed by atoms with Gasteiger partial charge in [0.15, 0.2) is 0 Å². The number of ether oxygens (including phenoxy) is 1. The number of hydrogen-bond acceptors (Lipinski definition) is 3. The van der Waals surface area contributed by atoms with Gasteiger partial charge in [-0.3, -0.25) is 4.90 Å². The maximum absolute atomic E-state index is 14.3. The predicted octanol–water partition coefficient (Wildman–Crippen LogP) is 6.33. The lowest BCUT2D eigenvalue weighted by atomic mass is 9.72. The molecule has 1 saturated carbocycles. The Labute approximate surface area is 197 Å². The number of carboxylic acid groups (broad SMARTS) is 1. The number of nitrogens with one attached hydrogen (secondary N) is 1. The first-order valence-electron chi connectivity index (χ1n) is 11.8. The highest BCUT2D eigenvalue weighted by Crippen LogP contribution is 2.56. The van der Waals surface area contributed by atoms with Gasteiger partial charge in [-0.05, 0) is 73.5 Å². The molecule has 34 heavy (non-hydrogen) atoms. The molecule has 5 rings (SSSR count). The number of carbonyl (C=O) groups is 1. The van der Waals surface area contributed by atoms with Gasteiger partial charge >= 0.3 is 5.97 Å². The molecular formula is C27H30F2N2O3. The monoisotopic (exact) mass is 468 g/mol. The number of carboxylic acids is 1. The molecule has 2 heterocycles. The van der Waals surface area contributed by atoms with E-state index in [-0.39, 0.29) is 29.9 Å². The summed E-state index contributed by atoms with van der Waals surface area (Å²) in [6, 6.07) is 10.9. The van der Waals surface area contributed by atoms with Crippen LogP contribution in [0.15, 0.2) is 42.6 Å². The Morgan fingerprint density at radius 3 is 2.62 bits per heavy atom. The second-order valence-corrected chi connectivity index (χ2v) is 10.0. The molecule has 0 bridgehead atoms. The molecule has 1 spiro atoms. The number of alkyl halides is 2. The second-order valence-electron chi connectivity index (χ2n) is 10.0. The largest absolute Gasteiger partial charge is 0.496 e. The minimum Gasteiger partial charge on any atom is -0.496 e. The number of aromatic carboxylic acids is 1. The number of aromatic amines is 1. The number of methoxy groups -OCH3 is 1. The maximum atomic E-state index is 14.3. The lowest BCUT2D eigenvalue weighted by Crippen LogP contribution is -2.41. The number of fused-ring (bicyclic) bond motifs is 1. The number of piperidine rings is 1. The van der Waals surface area contributed by atoms with Crippen LogP contribution in [0.5, 0.6) is 5.75 Å². The van der Waals surface area contributed by atoms with Crippen molar-refractivity contribution in [3.63, 3.8) is 0 Å². The van der Waals surface area contributed by atoms with Crippen molar-refractivity contribution in [2.45, 2.75) is 57.5 Å². The van der Waals surface area contributed by atoms with Gasteiger partial charge in [-0.1, -0.05) is 12.1 Å². The van der Waals surface area contributed by atoms with Crippen LogP contribution in [0.3, 0.4) is 0 Å². The van der Waals surface area contributed by atoms with Crippen LogP contribution in [-0.2, 0) is 6.54 Å². The van der Waals surface area contributed by atoms with Gasteiger partial charge in [0.25, 0.3) is 0 Å². The summed E-state index contributed by atoms with van der Waals surface area (Å²) in [4.78, 5) is 17.0. The van der Waals surface area contributed by atoms with Crippen molar-refractivity contribution < 1.29 is 23.4 Å². The number of aromatic nitrogens is 1. The average molecular weight is 469 g/mol. The molecule has 0 radical (unpaired) electrons. The Kier molecular flexibility index (Phi) is 5.63. The van der Waals surface area contributed by atoms with Crippen LogP contribution < -0.4 is 4.74 Å². The summed E-state index contributed by atoms with van der Waals surface area (Å²) < 4.78 is 34.3. The predicted molar refractivity (Wildman–Crippen MR) is 127 cm³/mol. The zero-order valence-corrected chi connectivity index (χ0v) is 19.5. The molecule has 1 aromatic heterocycles. The molecule has 1 aliphatic heterocycles. The van der Waals surface area contributed by atoms with Crippen LogP contribution in [0, 0.1) is 12.3 Å². The summed E-state index contributed by atoms with van der Waals surface area (Å²) in [6.45, 7) is 3.36. The number of halogens is 2. The van der Waals surface area contributed by atoms with Gasteiger partial charge in [0.1, 0.15) is 5.75 Å². The molecule has 2 atom stereocenters. The van der Waals surface area contributed by atoms with E-state index in [0.29, 0.717) is 25.9 Å². The molecule has 7 heteroatoms. The van der Waals surface area contributed by atoms with Gasteiger partial charge in [-0.25, -0.2) is 13.6 Å². The van der Waals surface area contributed by atoms with Gasteiger partial charge in [-0.2, -0.15) is 0 Å². The number of rotatable bonds is 5. The quantitative estimate of drug-likeness (QED) is 0.460. The van der Waals surface area contributed by atoms with E-state index in [1.807, 2.05) is 31.3 Å². The second kappa shape index (κ2) is 8.38. The third-order valence-electron chi connectivity index (χ3n) is 7.89. The van der Waals surface area contributed by atoms with E-state index in [1.54, 1.807) is 19.2 Å². The number of nitrogens with zero attached hydrogens (tertiary/aromatic N) is 1. The van der Waals surface area contributed by atoms with Gasteiger partial charge in [-0.15, -0.1) is 0 Å². The highest BCUT2D eigenvalue weighted by molar-refractivity contribution is 5.88. The zero-order valence-electron chi connectivity index (χ0n) is 19.5. The Morgan fingerprint density at radius 2 is 1.97 bits per heavy atom. The fourth-order valence-corrected chi connectivity index (χ4v) is 6.09. The van der Waals surface area contributed by atoms with Crippen LogP contribution >= 0.6 is 0 Å². The van der Waals surface area contributed by atoms with E-state index in [4.69, 9.17) is 4.74 Å². The molecule has 2 aromatic carbocycles. The number of likely N-dealkylation sites (tertiary alicyclic amines) is 1. The molecule has 2 N–H and O–H groups in total. The van der Waals surface area contributed by atoms with Crippen molar-refractivity contribution in [2.75, 3.05) is 13.7 Å². The molecule has 1 aliphatic carbocycles. The molecule has 180 valence electrons. The lowest BCUT2D eigenvalue weighted by Gasteiger charge is -2.45. The first kappa shape index (κ1) is 22.8. The first-order chi connectivity index (χ1) is 16.2. The third-order valence-corrected chi connectivity index (χ3v) is 7.89. The average Bonchev–Trinajstić information content (AvgIpc) is 3.42. The minimum absolute atomic E-state index is 0.0482. The van der Waals surface area contributed by atoms with Crippen LogP contribution in [-0.4, -0.2) is 40.5 Å². The number of H-pyrrole nitrogens is 1. The van der Waals surface area contributed by atoms with E-state index in [1.165, 1.54) is 0 Å². The smallest absolute Gasteiger partial charge is 0.335 e. The molecule has 0 amide bonds. The first-order valence-corrected chi connectivity index (χ1v) is 11.8. The van der Waals surface area contributed by atoms with E-state index < -0.39 is 11.9 Å². The number of hydrogen-bond donors (Lipinski definition) is 2. The van der Waals surface area contributed by atoms with E-state index >= 15 is 0 Å².